The topological polar surface area (TPSA) is 29.1 Å². The number of aryl methyl sites for hydroxylation is 1. The molecule has 0 fully saturated rings. The van der Waals surface area contributed by atoms with Gasteiger partial charge in [0.25, 0.3) is 5.91 Å². The molecule has 0 atom stereocenters. The fourth-order valence-electron chi connectivity index (χ4n) is 2.13. The second kappa shape index (κ2) is 4.86. The summed E-state index contributed by atoms with van der Waals surface area (Å²) in [5.41, 5.74) is 1.97. The highest BCUT2D eigenvalue weighted by Gasteiger charge is 2.10. The van der Waals surface area contributed by atoms with Gasteiger partial charge in [0.1, 0.15) is 0 Å². The Morgan fingerprint density at radius 3 is 2.68 bits per heavy atom. The average Bonchev–Trinajstić information content (AvgIpc) is 2.96. The molecule has 1 aromatic heterocycles. The van der Waals surface area contributed by atoms with E-state index in [-0.39, 0.29) is 5.91 Å². The van der Waals surface area contributed by atoms with Crippen LogP contribution in [0.15, 0.2) is 53.9 Å². The molecule has 19 heavy (non-hydrogen) atoms. The third-order valence-corrected chi connectivity index (χ3v) is 3.99. The normalized spacial score (nSPS) is 10.6. The summed E-state index contributed by atoms with van der Waals surface area (Å²) >= 11 is 1.45. The first-order valence-electron chi connectivity index (χ1n) is 6.09. The van der Waals surface area contributed by atoms with E-state index < -0.39 is 0 Å². The summed E-state index contributed by atoms with van der Waals surface area (Å²) in [5, 5.41) is 7.14. The first-order valence-corrected chi connectivity index (χ1v) is 6.97. The number of carbonyl (C=O) groups is 1. The summed E-state index contributed by atoms with van der Waals surface area (Å²) < 4.78 is 0. The summed E-state index contributed by atoms with van der Waals surface area (Å²) in [4.78, 5) is 12.9. The van der Waals surface area contributed by atoms with Gasteiger partial charge in [-0.2, -0.15) is 0 Å². The van der Waals surface area contributed by atoms with Gasteiger partial charge in [-0.25, -0.2) is 0 Å². The van der Waals surface area contributed by atoms with Crippen molar-refractivity contribution < 1.29 is 4.79 Å². The maximum Gasteiger partial charge on any atom is 0.265 e. The van der Waals surface area contributed by atoms with Crippen LogP contribution in [0.5, 0.6) is 0 Å². The second-order valence-electron chi connectivity index (χ2n) is 4.41. The van der Waals surface area contributed by atoms with Crippen molar-refractivity contribution in [3.63, 3.8) is 0 Å². The highest BCUT2D eigenvalue weighted by atomic mass is 32.1. The smallest absolute Gasteiger partial charge is 0.265 e. The molecule has 1 N–H and O–H groups in total. The SMILES string of the molecule is Cc1ccc2ccccc2c1NC(=O)c1cccs1. The van der Waals surface area contributed by atoms with Crippen molar-refractivity contribution in [3.05, 3.63) is 64.4 Å². The molecule has 3 heteroatoms. The zero-order valence-electron chi connectivity index (χ0n) is 10.5. The lowest BCUT2D eigenvalue weighted by Gasteiger charge is -2.11. The van der Waals surface area contributed by atoms with Crippen LogP contribution in [0.4, 0.5) is 5.69 Å². The zero-order chi connectivity index (χ0) is 13.2. The van der Waals surface area contributed by atoms with Crippen LogP contribution in [-0.4, -0.2) is 5.91 Å². The van der Waals surface area contributed by atoms with Crippen molar-refractivity contribution >= 4 is 33.7 Å². The molecule has 2 aromatic carbocycles. The van der Waals surface area contributed by atoms with E-state index in [1.807, 2.05) is 48.7 Å². The van der Waals surface area contributed by atoms with Crippen LogP contribution in [0.3, 0.4) is 0 Å². The largest absolute Gasteiger partial charge is 0.320 e. The highest BCUT2D eigenvalue weighted by Crippen LogP contribution is 2.27. The quantitative estimate of drug-likeness (QED) is 0.729. The van der Waals surface area contributed by atoms with Crippen LogP contribution in [0.25, 0.3) is 10.8 Å². The van der Waals surface area contributed by atoms with Crippen molar-refractivity contribution in [2.24, 2.45) is 0 Å². The highest BCUT2D eigenvalue weighted by molar-refractivity contribution is 7.12. The second-order valence-corrected chi connectivity index (χ2v) is 5.36. The number of carbonyl (C=O) groups excluding carboxylic acids is 1. The summed E-state index contributed by atoms with van der Waals surface area (Å²) in [6.45, 7) is 2.01. The first-order chi connectivity index (χ1) is 9.25. The molecule has 0 saturated carbocycles. The van der Waals surface area contributed by atoms with Crippen LogP contribution >= 0.6 is 11.3 Å². The number of thiophene rings is 1. The minimum atomic E-state index is -0.0468. The Balaban J connectivity index is 2.05. The van der Waals surface area contributed by atoms with Gasteiger partial charge in [-0.1, -0.05) is 42.5 Å². The van der Waals surface area contributed by atoms with Crippen molar-refractivity contribution in [2.45, 2.75) is 6.92 Å². The van der Waals surface area contributed by atoms with Crippen LogP contribution in [0, 0.1) is 6.92 Å². The Morgan fingerprint density at radius 1 is 1.05 bits per heavy atom. The van der Waals surface area contributed by atoms with E-state index in [1.165, 1.54) is 11.3 Å². The molecule has 0 aliphatic heterocycles. The Kier molecular flexibility index (Phi) is 3.05. The fourth-order valence-corrected chi connectivity index (χ4v) is 2.75. The van der Waals surface area contributed by atoms with E-state index in [1.54, 1.807) is 0 Å². The number of rotatable bonds is 2. The Morgan fingerprint density at radius 2 is 1.89 bits per heavy atom. The van der Waals surface area contributed by atoms with Gasteiger partial charge < -0.3 is 5.32 Å². The summed E-state index contributed by atoms with van der Waals surface area (Å²) in [7, 11) is 0. The molecule has 94 valence electrons. The standard InChI is InChI=1S/C16H13NOS/c1-11-8-9-12-5-2-3-6-13(12)15(11)17-16(18)14-7-4-10-19-14/h2-10H,1H3,(H,17,18). The Labute approximate surface area is 115 Å². The third-order valence-electron chi connectivity index (χ3n) is 3.12. The lowest BCUT2D eigenvalue weighted by atomic mass is 10.0. The minimum absolute atomic E-state index is 0.0468. The van der Waals surface area contributed by atoms with Crippen molar-refractivity contribution in [1.82, 2.24) is 0 Å². The molecule has 0 saturated heterocycles. The maximum absolute atomic E-state index is 12.2. The lowest BCUT2D eigenvalue weighted by Crippen LogP contribution is -2.11. The number of benzene rings is 2. The van der Waals surface area contributed by atoms with Gasteiger partial charge in [-0.3, -0.25) is 4.79 Å². The van der Waals surface area contributed by atoms with E-state index in [0.717, 1.165) is 26.9 Å². The molecular weight excluding hydrogens is 254 g/mol. The molecule has 2 nitrogen and oxygen atoms in total. The van der Waals surface area contributed by atoms with E-state index in [9.17, 15) is 4.79 Å². The molecule has 0 unspecified atom stereocenters. The van der Waals surface area contributed by atoms with Crippen molar-refractivity contribution in [3.8, 4) is 0 Å². The van der Waals surface area contributed by atoms with Gasteiger partial charge in [-0.05, 0) is 29.3 Å². The number of amides is 1. The zero-order valence-corrected chi connectivity index (χ0v) is 11.3. The average molecular weight is 267 g/mol. The van der Waals surface area contributed by atoms with Crippen molar-refractivity contribution in [1.29, 1.82) is 0 Å². The maximum atomic E-state index is 12.2. The number of nitrogens with one attached hydrogen (secondary N) is 1. The molecule has 3 rings (SSSR count). The molecule has 1 amide bonds. The van der Waals surface area contributed by atoms with E-state index >= 15 is 0 Å². The van der Waals surface area contributed by atoms with Gasteiger partial charge in [0.05, 0.1) is 10.6 Å². The summed E-state index contributed by atoms with van der Waals surface area (Å²) in [6.07, 6.45) is 0. The van der Waals surface area contributed by atoms with Gasteiger partial charge in [0.15, 0.2) is 0 Å². The van der Waals surface area contributed by atoms with Gasteiger partial charge in [-0.15, -0.1) is 11.3 Å². The van der Waals surface area contributed by atoms with Gasteiger partial charge >= 0.3 is 0 Å². The molecule has 0 radical (unpaired) electrons. The van der Waals surface area contributed by atoms with Crippen molar-refractivity contribution in [2.75, 3.05) is 5.32 Å². The number of hydrogen-bond acceptors (Lipinski definition) is 2. The Bertz CT molecular complexity index is 732. The van der Waals surface area contributed by atoms with Crippen LogP contribution in [0.2, 0.25) is 0 Å². The molecule has 1 heterocycles. The number of fused-ring (bicyclic) bond motifs is 1. The van der Waals surface area contributed by atoms with Gasteiger partial charge in [0, 0.05) is 5.39 Å². The van der Waals surface area contributed by atoms with Crippen LogP contribution in [0.1, 0.15) is 15.2 Å². The number of hydrogen-bond donors (Lipinski definition) is 1. The van der Waals surface area contributed by atoms with Crippen LogP contribution in [-0.2, 0) is 0 Å². The van der Waals surface area contributed by atoms with E-state index in [4.69, 9.17) is 0 Å². The molecule has 0 spiro atoms. The summed E-state index contributed by atoms with van der Waals surface area (Å²) in [5.74, 6) is -0.0468. The monoisotopic (exact) mass is 267 g/mol. The summed E-state index contributed by atoms with van der Waals surface area (Å²) in [6, 6.07) is 15.9. The van der Waals surface area contributed by atoms with Gasteiger partial charge in [0.2, 0.25) is 0 Å². The fraction of sp³-hybridized carbons (Fsp3) is 0.0625. The third kappa shape index (κ3) is 2.25. The molecule has 0 bridgehead atoms. The van der Waals surface area contributed by atoms with Crippen LogP contribution < -0.4 is 5.32 Å². The molecule has 3 aromatic rings. The predicted molar refractivity (Wildman–Crippen MR) is 81.0 cm³/mol. The predicted octanol–water partition coefficient (Wildman–Crippen LogP) is 4.46. The molecule has 0 aliphatic rings. The first kappa shape index (κ1) is 11.9. The molecule has 0 aliphatic carbocycles. The molecular formula is C16H13NOS. The lowest BCUT2D eigenvalue weighted by molar-refractivity contribution is 0.103. The number of anilines is 1. The Hall–Kier alpha value is -2.13. The van der Waals surface area contributed by atoms with E-state index in [2.05, 4.69) is 17.4 Å². The van der Waals surface area contributed by atoms with E-state index in [0.29, 0.717) is 0 Å². The minimum Gasteiger partial charge on any atom is -0.320 e.